The van der Waals surface area contributed by atoms with Gasteiger partial charge in [-0.1, -0.05) is 26.0 Å². The summed E-state index contributed by atoms with van der Waals surface area (Å²) in [7, 11) is 0. The first-order chi connectivity index (χ1) is 17.7. The van der Waals surface area contributed by atoms with Gasteiger partial charge in [0, 0.05) is 9.40 Å². The molecular formula is C26H29FN4O4S2. The number of Topliss-reactive ketones (excluding diaryl/α,β-unsaturated/α-hetero) is 1. The fourth-order valence-corrected chi connectivity index (χ4v) is 6.30. The van der Waals surface area contributed by atoms with Gasteiger partial charge in [0.2, 0.25) is 0 Å². The molecule has 0 spiro atoms. The van der Waals surface area contributed by atoms with Crippen LogP contribution in [0.15, 0.2) is 41.8 Å². The van der Waals surface area contributed by atoms with Crippen LogP contribution in [0.25, 0.3) is 9.40 Å². The molecule has 8 nitrogen and oxygen atoms in total. The van der Waals surface area contributed by atoms with Gasteiger partial charge in [-0.25, -0.2) is 9.18 Å². The van der Waals surface area contributed by atoms with Gasteiger partial charge >= 0.3 is 6.03 Å². The smallest absolute Gasteiger partial charge is 0.329 e. The van der Waals surface area contributed by atoms with Crippen molar-refractivity contribution in [3.63, 3.8) is 0 Å². The summed E-state index contributed by atoms with van der Waals surface area (Å²) < 4.78 is 16.3. The van der Waals surface area contributed by atoms with Crippen molar-refractivity contribution < 1.29 is 23.6 Å². The molecule has 2 aromatic heterocycles. The first-order valence-corrected chi connectivity index (χ1v) is 13.8. The Morgan fingerprint density at radius 2 is 1.97 bits per heavy atom. The zero-order valence-corrected chi connectivity index (χ0v) is 22.2. The van der Waals surface area contributed by atoms with Crippen molar-refractivity contribution in [2.75, 3.05) is 18.4 Å². The molecule has 3 N–H and O–H groups in total. The van der Waals surface area contributed by atoms with E-state index in [1.165, 1.54) is 40.9 Å². The Morgan fingerprint density at radius 3 is 2.70 bits per heavy atom. The van der Waals surface area contributed by atoms with Crippen molar-refractivity contribution in [2.24, 2.45) is 5.92 Å². The third-order valence-electron chi connectivity index (χ3n) is 6.06. The van der Waals surface area contributed by atoms with Gasteiger partial charge in [0.1, 0.15) is 17.9 Å². The van der Waals surface area contributed by atoms with Crippen molar-refractivity contribution in [2.45, 2.75) is 45.2 Å². The quantitative estimate of drug-likeness (QED) is 0.402. The molecule has 1 unspecified atom stereocenters. The number of rotatable bonds is 7. The minimum Gasteiger partial charge on any atom is -0.340 e. The van der Waals surface area contributed by atoms with Crippen LogP contribution in [-0.2, 0) is 9.59 Å². The van der Waals surface area contributed by atoms with Gasteiger partial charge in [0.05, 0.1) is 17.1 Å². The number of halogens is 1. The molecule has 0 radical (unpaired) electrons. The second-order valence-electron chi connectivity index (χ2n) is 9.33. The van der Waals surface area contributed by atoms with Gasteiger partial charge in [-0.3, -0.25) is 19.3 Å². The van der Waals surface area contributed by atoms with E-state index in [0.29, 0.717) is 17.8 Å². The van der Waals surface area contributed by atoms with Crippen LogP contribution in [0.3, 0.4) is 0 Å². The highest BCUT2D eigenvalue weighted by Gasteiger charge is 2.39. The summed E-state index contributed by atoms with van der Waals surface area (Å²) in [6.45, 7) is 4.38. The third-order valence-corrected chi connectivity index (χ3v) is 8.15. The second kappa shape index (κ2) is 11.9. The van der Waals surface area contributed by atoms with E-state index in [4.69, 9.17) is 0 Å². The number of carbonyl (C=O) groups is 4. The van der Waals surface area contributed by atoms with Crippen LogP contribution in [0, 0.1) is 11.7 Å². The number of imide groups is 1. The summed E-state index contributed by atoms with van der Waals surface area (Å²) >= 11 is 2.85. The number of thiophene rings is 2. The van der Waals surface area contributed by atoms with Gasteiger partial charge in [0.25, 0.3) is 11.8 Å². The summed E-state index contributed by atoms with van der Waals surface area (Å²) in [5.41, 5.74) is -0.104. The van der Waals surface area contributed by atoms with Crippen molar-refractivity contribution >= 4 is 61.4 Å². The lowest BCUT2D eigenvalue weighted by Crippen LogP contribution is -2.58. The molecule has 1 aliphatic heterocycles. The molecule has 1 aliphatic rings. The predicted molar refractivity (Wildman–Crippen MR) is 144 cm³/mol. The number of ketones is 1. The Kier molecular flexibility index (Phi) is 8.67. The van der Waals surface area contributed by atoms with Gasteiger partial charge in [-0.15, -0.1) is 22.7 Å². The molecular weight excluding hydrogens is 515 g/mol. The number of urea groups is 1. The molecule has 3 aromatic rings. The molecule has 3 heterocycles. The van der Waals surface area contributed by atoms with Crippen molar-refractivity contribution in [3.05, 3.63) is 52.5 Å². The summed E-state index contributed by atoms with van der Waals surface area (Å²) in [6, 6.07) is 6.32. The molecule has 2 atom stereocenters. The Morgan fingerprint density at radius 1 is 1.19 bits per heavy atom. The summed E-state index contributed by atoms with van der Waals surface area (Å²) in [5, 5.41) is 10.2. The maximum atomic E-state index is 14.3. The minimum atomic E-state index is -1.05. The Bertz CT molecular complexity index is 1280. The number of nitrogens with zero attached hydrogens (tertiary/aromatic N) is 1. The minimum absolute atomic E-state index is 0.00376. The molecule has 0 bridgehead atoms. The zero-order valence-electron chi connectivity index (χ0n) is 20.6. The normalized spacial score (nSPS) is 16.9. The Balaban J connectivity index is 1.64. The molecule has 1 fully saturated rings. The van der Waals surface area contributed by atoms with Crippen LogP contribution in [-0.4, -0.2) is 53.7 Å². The highest BCUT2D eigenvalue weighted by atomic mass is 32.1. The molecule has 1 saturated heterocycles. The number of anilines is 1. The first-order valence-electron chi connectivity index (χ1n) is 12.1. The van der Waals surface area contributed by atoms with E-state index in [-0.39, 0.29) is 36.8 Å². The van der Waals surface area contributed by atoms with Crippen LogP contribution < -0.4 is 16.0 Å². The molecule has 0 saturated carbocycles. The topological polar surface area (TPSA) is 108 Å². The maximum Gasteiger partial charge on any atom is 0.329 e. The lowest BCUT2D eigenvalue weighted by Gasteiger charge is -2.32. The van der Waals surface area contributed by atoms with Crippen molar-refractivity contribution in [1.29, 1.82) is 0 Å². The number of para-hydroxylation sites is 1. The van der Waals surface area contributed by atoms with Crippen LogP contribution in [0.5, 0.6) is 0 Å². The number of benzene rings is 1. The number of hydrogen-bond donors (Lipinski definition) is 3. The average Bonchev–Trinajstić information content (AvgIpc) is 3.40. The number of fused-ring (bicyclic) bond motifs is 1. The summed E-state index contributed by atoms with van der Waals surface area (Å²) in [4.78, 5) is 54.8. The van der Waals surface area contributed by atoms with E-state index in [2.05, 4.69) is 16.0 Å². The lowest BCUT2D eigenvalue weighted by molar-refractivity contribution is -0.137. The molecule has 196 valence electrons. The molecule has 11 heteroatoms. The van der Waals surface area contributed by atoms with Gasteiger partial charge < -0.3 is 16.0 Å². The van der Waals surface area contributed by atoms with E-state index >= 15 is 0 Å². The van der Waals surface area contributed by atoms with E-state index in [9.17, 15) is 23.6 Å². The fourth-order valence-electron chi connectivity index (χ4n) is 4.28. The van der Waals surface area contributed by atoms with Crippen molar-refractivity contribution in [1.82, 2.24) is 15.5 Å². The standard InChI is InChI=1S/C26H29FN4O4S2/c1-15(2)12-18(29-24(33)23-13-22-21(37-23)9-11-36-22)25(34)31(19-8-5-10-28-14-20(19)32)26(35)30-17-7-4-3-6-16(17)27/h3-4,6-7,9,11,13,15,18-19,28H,5,8,10,12,14H2,1-2H3,(H,29,33)(H,30,35)/t18?,19-/m0/s1. The van der Waals surface area contributed by atoms with E-state index in [1.54, 1.807) is 12.1 Å². The number of amides is 4. The van der Waals surface area contributed by atoms with Gasteiger partial charge in [0.15, 0.2) is 5.78 Å². The van der Waals surface area contributed by atoms with Gasteiger partial charge in [-0.05, 0) is 61.4 Å². The van der Waals surface area contributed by atoms with E-state index in [0.717, 1.165) is 14.3 Å². The number of carbonyl (C=O) groups excluding carboxylic acids is 4. The Labute approximate surface area is 222 Å². The van der Waals surface area contributed by atoms with E-state index in [1.807, 2.05) is 25.3 Å². The monoisotopic (exact) mass is 544 g/mol. The summed E-state index contributed by atoms with van der Waals surface area (Å²) in [6.07, 6.45) is 1.10. The fraction of sp³-hybridized carbons (Fsp3) is 0.385. The predicted octanol–water partition coefficient (Wildman–Crippen LogP) is 4.63. The maximum absolute atomic E-state index is 14.3. The molecule has 37 heavy (non-hydrogen) atoms. The molecule has 0 aliphatic carbocycles. The van der Waals surface area contributed by atoms with Crippen LogP contribution in [0.2, 0.25) is 0 Å². The number of hydrogen-bond acceptors (Lipinski definition) is 7. The van der Waals surface area contributed by atoms with Gasteiger partial charge in [-0.2, -0.15) is 0 Å². The zero-order chi connectivity index (χ0) is 26.5. The van der Waals surface area contributed by atoms with E-state index < -0.39 is 35.7 Å². The third kappa shape index (κ3) is 6.41. The molecule has 4 amide bonds. The second-order valence-corrected chi connectivity index (χ2v) is 11.4. The van der Waals surface area contributed by atoms with Crippen LogP contribution >= 0.6 is 22.7 Å². The first kappa shape index (κ1) is 26.9. The lowest BCUT2D eigenvalue weighted by atomic mass is 10.00. The summed E-state index contributed by atoms with van der Waals surface area (Å²) in [5.74, 6) is -2.10. The SMILES string of the molecule is CC(C)CC(NC(=O)c1cc2sccc2s1)C(=O)N(C(=O)Nc1ccccc1F)[C@H]1CCCNCC1=O. The van der Waals surface area contributed by atoms with Crippen LogP contribution in [0.1, 0.15) is 42.8 Å². The highest BCUT2D eigenvalue weighted by molar-refractivity contribution is 7.27. The van der Waals surface area contributed by atoms with Crippen LogP contribution in [0.4, 0.5) is 14.9 Å². The molecule has 1 aromatic carbocycles. The number of nitrogens with one attached hydrogen (secondary N) is 3. The molecule has 4 rings (SSSR count). The largest absolute Gasteiger partial charge is 0.340 e. The van der Waals surface area contributed by atoms with Crippen molar-refractivity contribution in [3.8, 4) is 0 Å². The highest BCUT2D eigenvalue weighted by Crippen LogP contribution is 2.30. The average molecular weight is 545 g/mol. The Hall–Kier alpha value is -3.15.